The molecular formula is C22H23ClN2O8. The largest absolute Gasteiger partial charge is 0.507 e. The van der Waals surface area contributed by atoms with E-state index >= 15 is 0 Å². The first-order valence-corrected chi connectivity index (χ1v) is 10.7. The van der Waals surface area contributed by atoms with Crippen molar-refractivity contribution in [1.29, 1.82) is 0 Å². The fourth-order valence-corrected chi connectivity index (χ4v) is 6.35. The van der Waals surface area contributed by atoms with Crippen molar-refractivity contribution in [3.8, 4) is 5.75 Å². The summed E-state index contributed by atoms with van der Waals surface area (Å²) in [5.74, 6) is -13.7. The zero-order chi connectivity index (χ0) is 24.7. The molecular weight excluding hydrogens is 456 g/mol. The predicted octanol–water partition coefficient (Wildman–Crippen LogP) is -0.948. The Morgan fingerprint density at radius 2 is 1.76 bits per heavy atom. The topological polar surface area (TPSA) is 175 Å². The third-order valence-electron chi connectivity index (χ3n) is 7.41. The Morgan fingerprint density at radius 1 is 1.15 bits per heavy atom. The number of amides is 1. The van der Waals surface area contributed by atoms with Crippen LogP contribution in [0.1, 0.15) is 28.8 Å². The summed E-state index contributed by atoms with van der Waals surface area (Å²) >= 11 is 6.29. The smallest absolute Gasteiger partial charge is 0.235 e. The van der Waals surface area contributed by atoms with Gasteiger partial charge in [-0.3, -0.25) is 28.9 Å². The van der Waals surface area contributed by atoms with Gasteiger partial charge in [-0.25, -0.2) is 0 Å². The number of phenols is 1. The molecule has 0 saturated heterocycles. The minimum Gasteiger partial charge on any atom is -0.507 e. The van der Waals surface area contributed by atoms with Crippen LogP contribution in [0, 0.1) is 23.7 Å². The van der Waals surface area contributed by atoms with Crippen molar-refractivity contribution in [2.24, 2.45) is 29.4 Å². The lowest BCUT2D eigenvalue weighted by Gasteiger charge is -2.56. The van der Waals surface area contributed by atoms with Crippen molar-refractivity contribution in [2.45, 2.75) is 30.6 Å². The van der Waals surface area contributed by atoms with Crippen molar-refractivity contribution < 1.29 is 39.3 Å². The number of ketones is 4. The summed E-state index contributed by atoms with van der Waals surface area (Å²) in [5.41, 5.74) is 2.24. The molecule has 0 bridgehead atoms. The Bertz CT molecular complexity index is 1130. The van der Waals surface area contributed by atoms with Gasteiger partial charge in [0.15, 0.2) is 34.7 Å². The number of likely N-dealkylation sites (N-methyl/N-ethyl adjacent to an activating group) is 1. The highest BCUT2D eigenvalue weighted by Crippen LogP contribution is 2.55. The molecule has 8 atom stereocenters. The van der Waals surface area contributed by atoms with Gasteiger partial charge in [0.2, 0.25) is 5.91 Å². The van der Waals surface area contributed by atoms with Crippen LogP contribution in [0.3, 0.4) is 0 Å². The van der Waals surface area contributed by atoms with Gasteiger partial charge in [-0.15, -0.1) is 0 Å². The number of benzene rings is 1. The fourth-order valence-electron chi connectivity index (χ4n) is 6.02. The number of aromatic hydroxyl groups is 1. The number of fused-ring (bicyclic) bond motifs is 3. The van der Waals surface area contributed by atoms with Gasteiger partial charge in [-0.05, 0) is 37.7 Å². The highest BCUT2D eigenvalue weighted by atomic mass is 35.5. The van der Waals surface area contributed by atoms with Crippen LogP contribution < -0.4 is 5.73 Å². The van der Waals surface area contributed by atoms with Crippen LogP contribution in [0.2, 0.25) is 5.02 Å². The van der Waals surface area contributed by atoms with Crippen molar-refractivity contribution in [3.63, 3.8) is 0 Å². The zero-order valence-electron chi connectivity index (χ0n) is 18.0. The molecule has 10 nitrogen and oxygen atoms in total. The number of aliphatic hydroxyl groups excluding tert-OH is 1. The van der Waals surface area contributed by atoms with Gasteiger partial charge < -0.3 is 21.1 Å². The monoisotopic (exact) mass is 478 g/mol. The average molecular weight is 479 g/mol. The molecule has 2 saturated carbocycles. The molecule has 0 spiro atoms. The molecule has 4 rings (SSSR count). The second kappa shape index (κ2) is 7.42. The second-order valence-corrected chi connectivity index (χ2v) is 9.63. The highest BCUT2D eigenvalue weighted by Gasteiger charge is 2.72. The van der Waals surface area contributed by atoms with E-state index in [0.29, 0.717) is 0 Å². The number of nitrogens with zero attached hydrogens (tertiary/aromatic N) is 1. The molecule has 3 aliphatic carbocycles. The molecule has 0 aliphatic heterocycles. The lowest BCUT2D eigenvalue weighted by molar-refractivity contribution is -0.196. The molecule has 33 heavy (non-hydrogen) atoms. The second-order valence-electron chi connectivity index (χ2n) is 9.22. The van der Waals surface area contributed by atoms with E-state index in [9.17, 15) is 39.3 Å². The van der Waals surface area contributed by atoms with Gasteiger partial charge in [-0.2, -0.15) is 0 Å². The minimum atomic E-state index is -3.01. The third-order valence-corrected chi connectivity index (χ3v) is 7.74. The number of hydrogen-bond donors (Lipinski definition) is 4. The van der Waals surface area contributed by atoms with Crippen LogP contribution in [0.15, 0.2) is 12.1 Å². The summed E-state index contributed by atoms with van der Waals surface area (Å²) in [5, 5.41) is 33.4. The van der Waals surface area contributed by atoms with Crippen molar-refractivity contribution in [2.75, 3.05) is 14.1 Å². The quantitative estimate of drug-likeness (QED) is 0.390. The summed E-state index contributed by atoms with van der Waals surface area (Å²) in [6, 6.07) is 1.15. The van der Waals surface area contributed by atoms with Crippen molar-refractivity contribution >= 4 is 40.6 Å². The van der Waals surface area contributed by atoms with Crippen LogP contribution in [0.4, 0.5) is 0 Å². The molecule has 0 radical (unpaired) electrons. The van der Waals surface area contributed by atoms with Crippen LogP contribution in [0.5, 0.6) is 5.75 Å². The number of phenolic OH excluding ortho intramolecular Hbond substituents is 1. The number of primary amides is 1. The van der Waals surface area contributed by atoms with E-state index in [1.807, 2.05) is 0 Å². The number of nitrogens with two attached hydrogens (primary N) is 1. The number of carbonyl (C=O) groups excluding carboxylic acids is 5. The first kappa shape index (κ1) is 23.5. The van der Waals surface area contributed by atoms with Crippen molar-refractivity contribution in [1.82, 2.24) is 4.90 Å². The first-order chi connectivity index (χ1) is 15.3. The van der Waals surface area contributed by atoms with Gasteiger partial charge in [-0.1, -0.05) is 18.5 Å². The SMILES string of the molecule is C[C@H]1c2c(Cl)ccc(O)c2C(=O)C2C(=O)[C@]3(O)C(=O)C(C(N)=O)C(=O)[C@@H](N(C)C)[C@@H]3[C@@H](O)[C@@H]21. The lowest BCUT2D eigenvalue weighted by Crippen LogP contribution is -2.77. The molecule has 1 aromatic rings. The van der Waals surface area contributed by atoms with Gasteiger partial charge in [0.1, 0.15) is 5.75 Å². The summed E-state index contributed by atoms with van der Waals surface area (Å²) in [6.45, 7) is 1.60. The predicted molar refractivity (Wildman–Crippen MR) is 112 cm³/mol. The number of rotatable bonds is 2. The molecule has 3 aliphatic rings. The van der Waals surface area contributed by atoms with E-state index in [2.05, 4.69) is 0 Å². The normalized spacial score (nSPS) is 38.1. The molecule has 5 N–H and O–H groups in total. The van der Waals surface area contributed by atoms with Gasteiger partial charge in [0.25, 0.3) is 0 Å². The Hall–Kier alpha value is -2.66. The maximum atomic E-state index is 13.7. The van der Waals surface area contributed by atoms with Gasteiger partial charge in [0, 0.05) is 10.9 Å². The number of carbonyl (C=O) groups is 5. The Labute approximate surface area is 193 Å². The van der Waals surface area contributed by atoms with E-state index < -0.39 is 82.1 Å². The Balaban J connectivity index is 1.98. The maximum Gasteiger partial charge on any atom is 0.235 e. The third kappa shape index (κ3) is 2.81. The summed E-state index contributed by atoms with van der Waals surface area (Å²) in [7, 11) is 2.86. The van der Waals surface area contributed by atoms with E-state index in [1.54, 1.807) is 6.92 Å². The van der Waals surface area contributed by atoms with Gasteiger partial charge in [0.05, 0.1) is 29.5 Å². The van der Waals surface area contributed by atoms with E-state index in [1.165, 1.54) is 31.1 Å². The Morgan fingerprint density at radius 3 is 2.30 bits per heavy atom. The number of hydrogen-bond acceptors (Lipinski definition) is 9. The fraction of sp³-hybridized carbons (Fsp3) is 0.500. The molecule has 2 fully saturated rings. The molecule has 2 unspecified atom stereocenters. The number of halogens is 1. The highest BCUT2D eigenvalue weighted by molar-refractivity contribution is 6.34. The van der Waals surface area contributed by atoms with Crippen LogP contribution in [0.25, 0.3) is 0 Å². The Kier molecular flexibility index (Phi) is 5.29. The molecule has 0 heterocycles. The first-order valence-electron chi connectivity index (χ1n) is 10.3. The van der Waals surface area contributed by atoms with Crippen LogP contribution in [-0.4, -0.2) is 81.1 Å². The molecule has 1 aromatic carbocycles. The van der Waals surface area contributed by atoms with Crippen molar-refractivity contribution in [3.05, 3.63) is 28.3 Å². The lowest BCUT2D eigenvalue weighted by atomic mass is 9.49. The minimum absolute atomic E-state index is 0.135. The van der Waals surface area contributed by atoms with E-state index in [0.717, 1.165) is 0 Å². The molecule has 11 heteroatoms. The zero-order valence-corrected chi connectivity index (χ0v) is 18.7. The standard InChI is InChI=1S/C22H23ClN2O8/c1-6-9-7(23)4-5-8(26)11(9)16(27)12-10(6)17(28)14-15(25(2)3)18(29)13(21(24)32)20(31)22(14,33)19(12)30/h4-6,10,12-15,17,26,28,33H,1-3H3,(H2,24,32)/t6-,10+,12?,13?,14+,15-,17-,22-/m0/s1. The summed E-state index contributed by atoms with van der Waals surface area (Å²) in [4.78, 5) is 66.6. The summed E-state index contributed by atoms with van der Waals surface area (Å²) in [6.07, 6.45) is -1.68. The van der Waals surface area contributed by atoms with Crippen LogP contribution in [-0.2, 0) is 19.2 Å². The molecule has 0 aromatic heterocycles. The maximum absolute atomic E-state index is 13.7. The van der Waals surface area contributed by atoms with E-state index in [-0.39, 0.29) is 16.1 Å². The molecule has 1 amide bonds. The average Bonchev–Trinajstić information content (AvgIpc) is 2.72. The summed E-state index contributed by atoms with van der Waals surface area (Å²) < 4.78 is 0. The van der Waals surface area contributed by atoms with Crippen LogP contribution >= 0.6 is 11.6 Å². The molecule has 176 valence electrons. The number of aliphatic hydroxyl groups is 2. The van der Waals surface area contributed by atoms with E-state index in [4.69, 9.17) is 17.3 Å². The van der Waals surface area contributed by atoms with Gasteiger partial charge >= 0.3 is 0 Å². The number of Topliss-reactive ketones (excluding diaryl/α,β-unsaturated/α-hetero) is 4.